The first-order valence-electron chi connectivity index (χ1n) is 2.56. The SMILES string of the molecule is O=C=NCCC(Cl)N=C=O. The van der Waals surface area contributed by atoms with Crippen LogP contribution in [0.4, 0.5) is 0 Å². The van der Waals surface area contributed by atoms with Gasteiger partial charge in [0.2, 0.25) is 12.2 Å². The molecule has 0 saturated carbocycles. The summed E-state index contributed by atoms with van der Waals surface area (Å²) in [4.78, 5) is 25.4. The zero-order valence-corrected chi connectivity index (χ0v) is 5.84. The summed E-state index contributed by atoms with van der Waals surface area (Å²) < 4.78 is 0. The summed E-state index contributed by atoms with van der Waals surface area (Å²) in [7, 11) is 0. The van der Waals surface area contributed by atoms with Gasteiger partial charge in [-0.3, -0.25) is 0 Å². The van der Waals surface area contributed by atoms with Gasteiger partial charge in [0.05, 0.1) is 6.54 Å². The Bertz CT molecular complexity index is 182. The molecule has 0 fully saturated rings. The van der Waals surface area contributed by atoms with E-state index < -0.39 is 5.50 Å². The Balaban J connectivity index is 3.48. The molecule has 0 aliphatic rings. The molecule has 5 heteroatoms. The van der Waals surface area contributed by atoms with E-state index in [1.54, 1.807) is 0 Å². The van der Waals surface area contributed by atoms with Gasteiger partial charge in [-0.2, -0.15) is 4.99 Å². The van der Waals surface area contributed by atoms with E-state index in [-0.39, 0.29) is 6.54 Å². The van der Waals surface area contributed by atoms with Crippen LogP contribution >= 0.6 is 11.6 Å². The summed E-state index contributed by atoms with van der Waals surface area (Å²) in [5, 5.41) is 0. The van der Waals surface area contributed by atoms with Crippen molar-refractivity contribution >= 4 is 23.8 Å². The molecule has 0 aromatic rings. The van der Waals surface area contributed by atoms with Gasteiger partial charge in [0.15, 0.2) is 0 Å². The molecule has 0 spiro atoms. The minimum Gasteiger partial charge on any atom is -0.211 e. The lowest BCUT2D eigenvalue weighted by Crippen LogP contribution is -1.95. The fourth-order valence-corrected chi connectivity index (χ4v) is 0.476. The zero-order chi connectivity index (χ0) is 7.82. The van der Waals surface area contributed by atoms with Crippen LogP contribution in [-0.4, -0.2) is 24.2 Å². The van der Waals surface area contributed by atoms with E-state index >= 15 is 0 Å². The Hall–Kier alpha value is -0.950. The van der Waals surface area contributed by atoms with Gasteiger partial charge in [-0.05, 0) is 0 Å². The third-order valence-corrected chi connectivity index (χ3v) is 1.05. The van der Waals surface area contributed by atoms with Crippen LogP contribution in [-0.2, 0) is 9.59 Å². The van der Waals surface area contributed by atoms with E-state index in [0.717, 1.165) is 0 Å². The molecule has 0 heterocycles. The fraction of sp³-hybridized carbons (Fsp3) is 0.600. The molecule has 0 aliphatic heterocycles. The van der Waals surface area contributed by atoms with Gasteiger partial charge in [-0.25, -0.2) is 14.6 Å². The van der Waals surface area contributed by atoms with Crippen LogP contribution in [0.3, 0.4) is 0 Å². The third kappa shape index (κ3) is 5.19. The van der Waals surface area contributed by atoms with Crippen molar-refractivity contribution in [3.8, 4) is 0 Å². The van der Waals surface area contributed by atoms with Gasteiger partial charge in [-0.1, -0.05) is 11.6 Å². The van der Waals surface area contributed by atoms with E-state index in [4.69, 9.17) is 11.6 Å². The normalized spacial score (nSPS) is 10.9. The molecule has 1 unspecified atom stereocenters. The third-order valence-electron chi connectivity index (χ3n) is 0.736. The average Bonchev–Trinajstić information content (AvgIpc) is 1.89. The zero-order valence-electron chi connectivity index (χ0n) is 5.08. The highest BCUT2D eigenvalue weighted by molar-refractivity contribution is 6.20. The molecule has 0 rings (SSSR count). The predicted molar refractivity (Wildman–Crippen MR) is 35.4 cm³/mol. The number of alkyl halides is 1. The van der Waals surface area contributed by atoms with Crippen LogP contribution in [0.2, 0.25) is 0 Å². The molecule has 0 bridgehead atoms. The lowest BCUT2D eigenvalue weighted by Gasteiger charge is -1.93. The molecule has 54 valence electrons. The van der Waals surface area contributed by atoms with Gasteiger partial charge < -0.3 is 0 Å². The number of hydrogen-bond acceptors (Lipinski definition) is 4. The number of hydrogen-bond donors (Lipinski definition) is 0. The average molecular weight is 161 g/mol. The minimum absolute atomic E-state index is 0.239. The Kier molecular flexibility index (Phi) is 5.59. The van der Waals surface area contributed by atoms with E-state index in [0.29, 0.717) is 6.42 Å². The highest BCUT2D eigenvalue weighted by Gasteiger charge is 1.98. The highest BCUT2D eigenvalue weighted by Crippen LogP contribution is 2.01. The molecule has 0 saturated heterocycles. The van der Waals surface area contributed by atoms with Crippen molar-refractivity contribution in [2.45, 2.75) is 11.9 Å². The van der Waals surface area contributed by atoms with Gasteiger partial charge in [0.1, 0.15) is 5.50 Å². The maximum atomic E-state index is 9.56. The Morgan fingerprint density at radius 3 is 2.60 bits per heavy atom. The standard InChI is InChI=1S/C5H5ClN2O2/c6-5(8-4-10)1-2-7-3-9/h5H,1-2H2. The summed E-state index contributed by atoms with van der Waals surface area (Å²) in [6.45, 7) is 0.239. The first-order chi connectivity index (χ1) is 4.81. The van der Waals surface area contributed by atoms with Crippen molar-refractivity contribution < 1.29 is 9.59 Å². The lowest BCUT2D eigenvalue weighted by molar-refractivity contribution is 0.559. The van der Waals surface area contributed by atoms with Crippen LogP contribution in [0.5, 0.6) is 0 Å². The van der Waals surface area contributed by atoms with Crippen LogP contribution < -0.4 is 0 Å². The van der Waals surface area contributed by atoms with E-state index in [9.17, 15) is 9.59 Å². The van der Waals surface area contributed by atoms with Crippen molar-refractivity contribution in [3.05, 3.63) is 0 Å². The summed E-state index contributed by atoms with van der Waals surface area (Å²) in [6.07, 6.45) is 2.99. The van der Waals surface area contributed by atoms with Crippen molar-refractivity contribution in [1.82, 2.24) is 0 Å². The van der Waals surface area contributed by atoms with Gasteiger partial charge >= 0.3 is 0 Å². The van der Waals surface area contributed by atoms with E-state index in [1.807, 2.05) is 0 Å². The maximum absolute atomic E-state index is 9.56. The summed E-state index contributed by atoms with van der Waals surface area (Å²) in [6, 6.07) is 0. The number of nitrogens with zero attached hydrogens (tertiary/aromatic N) is 2. The molecule has 0 radical (unpaired) electrons. The lowest BCUT2D eigenvalue weighted by atomic mass is 10.4. The molecule has 0 aromatic carbocycles. The van der Waals surface area contributed by atoms with Gasteiger partial charge in [0, 0.05) is 6.42 Å². The molecule has 0 aromatic heterocycles. The quantitative estimate of drug-likeness (QED) is 0.262. The molecular formula is C5H5ClN2O2. The topological polar surface area (TPSA) is 58.9 Å². The second kappa shape index (κ2) is 6.17. The number of halogens is 1. The summed E-state index contributed by atoms with van der Waals surface area (Å²) >= 11 is 5.40. The maximum Gasteiger partial charge on any atom is 0.236 e. The van der Waals surface area contributed by atoms with E-state index in [1.165, 1.54) is 12.2 Å². The highest BCUT2D eigenvalue weighted by atomic mass is 35.5. The van der Waals surface area contributed by atoms with Crippen LogP contribution in [0.25, 0.3) is 0 Å². The van der Waals surface area contributed by atoms with Crippen molar-refractivity contribution in [1.29, 1.82) is 0 Å². The van der Waals surface area contributed by atoms with Crippen molar-refractivity contribution in [2.24, 2.45) is 9.98 Å². The first kappa shape index (κ1) is 9.05. The second-order valence-corrected chi connectivity index (χ2v) is 1.92. The Morgan fingerprint density at radius 1 is 1.40 bits per heavy atom. The molecule has 0 amide bonds. The smallest absolute Gasteiger partial charge is 0.211 e. The van der Waals surface area contributed by atoms with Gasteiger partial charge in [-0.15, -0.1) is 0 Å². The first-order valence-corrected chi connectivity index (χ1v) is 2.99. The number of rotatable bonds is 4. The minimum atomic E-state index is -0.630. The molecule has 4 nitrogen and oxygen atoms in total. The Labute approximate surface area is 62.6 Å². The largest absolute Gasteiger partial charge is 0.236 e. The fourth-order valence-electron chi connectivity index (χ4n) is 0.338. The summed E-state index contributed by atoms with van der Waals surface area (Å²) in [5.41, 5.74) is -0.630. The molecule has 0 N–H and O–H groups in total. The van der Waals surface area contributed by atoms with Crippen LogP contribution in [0.1, 0.15) is 6.42 Å². The molecule has 1 atom stereocenters. The van der Waals surface area contributed by atoms with Gasteiger partial charge in [0.25, 0.3) is 0 Å². The number of carbonyl (C=O) groups excluding carboxylic acids is 2. The monoisotopic (exact) mass is 160 g/mol. The van der Waals surface area contributed by atoms with Crippen molar-refractivity contribution in [3.63, 3.8) is 0 Å². The van der Waals surface area contributed by atoms with Crippen LogP contribution in [0.15, 0.2) is 9.98 Å². The van der Waals surface area contributed by atoms with Crippen LogP contribution in [0, 0.1) is 0 Å². The van der Waals surface area contributed by atoms with E-state index in [2.05, 4.69) is 9.98 Å². The van der Waals surface area contributed by atoms with Crippen molar-refractivity contribution in [2.75, 3.05) is 6.54 Å². The number of aliphatic imine (C=N–C) groups is 2. The Morgan fingerprint density at radius 2 is 2.10 bits per heavy atom. The summed E-state index contributed by atoms with van der Waals surface area (Å²) in [5.74, 6) is 0. The number of isocyanates is 2. The predicted octanol–water partition coefficient (Wildman–Crippen LogP) is 0.613. The molecule has 10 heavy (non-hydrogen) atoms. The second-order valence-electron chi connectivity index (χ2n) is 1.42. The molecule has 0 aliphatic carbocycles. The molecular weight excluding hydrogens is 156 g/mol.